The van der Waals surface area contributed by atoms with Crippen molar-refractivity contribution in [1.82, 2.24) is 9.97 Å². The number of hydrogen-bond acceptors (Lipinski definition) is 3. The van der Waals surface area contributed by atoms with Gasteiger partial charge >= 0.3 is 0 Å². The van der Waals surface area contributed by atoms with Gasteiger partial charge in [0.15, 0.2) is 5.82 Å². The first-order valence-electron chi connectivity index (χ1n) is 5.17. The van der Waals surface area contributed by atoms with Gasteiger partial charge in [-0.3, -0.25) is 0 Å². The van der Waals surface area contributed by atoms with Crippen LogP contribution in [0.25, 0.3) is 11.4 Å². The molecule has 1 heterocycles. The Morgan fingerprint density at radius 2 is 1.82 bits per heavy atom. The number of nitrogens with two attached hydrogens (primary N) is 1. The van der Waals surface area contributed by atoms with Gasteiger partial charge in [-0.15, -0.1) is 0 Å². The van der Waals surface area contributed by atoms with Crippen molar-refractivity contribution in [3.8, 4) is 11.4 Å². The summed E-state index contributed by atoms with van der Waals surface area (Å²) in [6.45, 7) is 0.588. The summed E-state index contributed by atoms with van der Waals surface area (Å²) < 4.78 is 0. The van der Waals surface area contributed by atoms with Gasteiger partial charge in [-0.25, -0.2) is 9.97 Å². The number of rotatable bonds is 3. The van der Waals surface area contributed by atoms with Gasteiger partial charge in [0.25, 0.3) is 0 Å². The Morgan fingerprint density at radius 3 is 2.41 bits per heavy atom. The molecule has 0 saturated carbocycles. The molecule has 2 aromatic rings. The molecule has 0 saturated heterocycles. The molecular weight excluding hydrogens is 257 g/mol. The normalized spacial score (nSPS) is 10.5. The van der Waals surface area contributed by atoms with Crippen LogP contribution in [0.3, 0.4) is 0 Å². The highest BCUT2D eigenvalue weighted by molar-refractivity contribution is 6.36. The maximum Gasteiger partial charge on any atom is 0.160 e. The van der Waals surface area contributed by atoms with E-state index < -0.39 is 0 Å². The van der Waals surface area contributed by atoms with Crippen molar-refractivity contribution >= 4 is 23.2 Å². The highest BCUT2D eigenvalue weighted by Crippen LogP contribution is 2.27. The van der Waals surface area contributed by atoms with Crippen LogP contribution in [0.1, 0.15) is 5.56 Å². The predicted octanol–water partition coefficient (Wildman–Crippen LogP) is 2.95. The minimum Gasteiger partial charge on any atom is -0.330 e. The second-order valence-electron chi connectivity index (χ2n) is 3.58. The molecule has 1 aromatic carbocycles. The number of aromatic nitrogens is 2. The van der Waals surface area contributed by atoms with Crippen LogP contribution in [0.5, 0.6) is 0 Å². The van der Waals surface area contributed by atoms with E-state index in [1.54, 1.807) is 24.5 Å². The molecular formula is C12H11Cl2N3. The number of nitrogens with zero attached hydrogens (tertiary/aromatic N) is 2. The Labute approximate surface area is 110 Å². The second-order valence-corrected chi connectivity index (χ2v) is 4.42. The van der Waals surface area contributed by atoms with Gasteiger partial charge in [0.2, 0.25) is 0 Å². The molecule has 0 bridgehead atoms. The lowest BCUT2D eigenvalue weighted by Crippen LogP contribution is -2.03. The molecule has 17 heavy (non-hydrogen) atoms. The van der Waals surface area contributed by atoms with Crippen LogP contribution >= 0.6 is 23.2 Å². The molecule has 0 fully saturated rings. The smallest absolute Gasteiger partial charge is 0.160 e. The molecule has 0 atom stereocenters. The summed E-state index contributed by atoms with van der Waals surface area (Å²) in [6, 6.07) is 5.25. The van der Waals surface area contributed by atoms with E-state index in [9.17, 15) is 0 Å². The molecule has 0 aliphatic rings. The summed E-state index contributed by atoms with van der Waals surface area (Å²) in [5.41, 5.74) is 7.25. The number of hydrogen-bond donors (Lipinski definition) is 1. The van der Waals surface area contributed by atoms with Crippen LogP contribution in [0.15, 0.2) is 30.6 Å². The molecule has 0 aliphatic carbocycles. The minimum absolute atomic E-state index is 0.545. The zero-order valence-electron chi connectivity index (χ0n) is 9.03. The van der Waals surface area contributed by atoms with Gasteiger partial charge in [-0.05, 0) is 36.7 Å². The molecule has 0 radical (unpaired) electrons. The summed E-state index contributed by atoms with van der Waals surface area (Å²) in [5, 5.41) is 1.14. The van der Waals surface area contributed by atoms with Crippen molar-refractivity contribution in [1.29, 1.82) is 0 Å². The maximum atomic E-state index is 6.08. The Hall–Kier alpha value is -1.16. The van der Waals surface area contributed by atoms with Crippen molar-refractivity contribution in [2.45, 2.75) is 6.42 Å². The summed E-state index contributed by atoms with van der Waals surface area (Å²) >= 11 is 11.9. The van der Waals surface area contributed by atoms with E-state index in [1.165, 1.54) is 0 Å². The minimum atomic E-state index is 0.545. The van der Waals surface area contributed by atoms with Gasteiger partial charge < -0.3 is 5.73 Å². The molecule has 0 amide bonds. The molecule has 5 heteroatoms. The van der Waals surface area contributed by atoms with Crippen molar-refractivity contribution in [2.75, 3.05) is 6.54 Å². The van der Waals surface area contributed by atoms with Gasteiger partial charge in [0, 0.05) is 23.0 Å². The first-order chi connectivity index (χ1) is 8.20. The van der Waals surface area contributed by atoms with Crippen LogP contribution in [-0.2, 0) is 6.42 Å². The van der Waals surface area contributed by atoms with Crippen molar-refractivity contribution in [2.24, 2.45) is 5.73 Å². The lowest BCUT2D eigenvalue weighted by molar-refractivity contribution is 0.943. The third-order valence-electron chi connectivity index (χ3n) is 2.31. The molecule has 2 rings (SSSR count). The zero-order valence-corrected chi connectivity index (χ0v) is 10.5. The molecule has 0 unspecified atom stereocenters. The average molecular weight is 268 g/mol. The predicted molar refractivity (Wildman–Crippen MR) is 70.2 cm³/mol. The van der Waals surface area contributed by atoms with Gasteiger partial charge in [0.05, 0.1) is 5.02 Å². The lowest BCUT2D eigenvalue weighted by Gasteiger charge is -2.04. The highest BCUT2D eigenvalue weighted by atomic mass is 35.5. The van der Waals surface area contributed by atoms with Gasteiger partial charge in [-0.2, -0.15) is 0 Å². The summed E-state index contributed by atoms with van der Waals surface area (Å²) in [5.74, 6) is 0.590. The largest absolute Gasteiger partial charge is 0.330 e. The fourth-order valence-electron chi connectivity index (χ4n) is 1.46. The maximum absolute atomic E-state index is 6.08. The van der Waals surface area contributed by atoms with Crippen LogP contribution in [0.4, 0.5) is 0 Å². The van der Waals surface area contributed by atoms with Crippen LogP contribution in [0.2, 0.25) is 10.0 Å². The second kappa shape index (κ2) is 5.45. The van der Waals surface area contributed by atoms with Gasteiger partial charge in [0.1, 0.15) is 0 Å². The van der Waals surface area contributed by atoms with E-state index >= 15 is 0 Å². The third-order valence-corrected chi connectivity index (χ3v) is 2.86. The molecule has 3 nitrogen and oxygen atoms in total. The number of halogens is 2. The van der Waals surface area contributed by atoms with Crippen LogP contribution in [0, 0.1) is 0 Å². The van der Waals surface area contributed by atoms with E-state index in [0.717, 1.165) is 17.5 Å². The lowest BCUT2D eigenvalue weighted by atomic mass is 10.2. The van der Waals surface area contributed by atoms with E-state index in [0.29, 0.717) is 22.4 Å². The van der Waals surface area contributed by atoms with Crippen molar-refractivity contribution in [3.63, 3.8) is 0 Å². The number of benzene rings is 1. The Morgan fingerprint density at radius 1 is 1.12 bits per heavy atom. The first kappa shape index (κ1) is 12.3. The topological polar surface area (TPSA) is 51.8 Å². The third kappa shape index (κ3) is 2.94. The molecule has 88 valence electrons. The average Bonchev–Trinajstić information content (AvgIpc) is 2.31. The monoisotopic (exact) mass is 267 g/mol. The summed E-state index contributed by atoms with van der Waals surface area (Å²) in [6.07, 6.45) is 4.30. The highest BCUT2D eigenvalue weighted by Gasteiger charge is 2.06. The quantitative estimate of drug-likeness (QED) is 0.931. The van der Waals surface area contributed by atoms with Gasteiger partial charge in [-0.1, -0.05) is 23.2 Å². The van der Waals surface area contributed by atoms with Crippen molar-refractivity contribution in [3.05, 3.63) is 46.2 Å². The first-order valence-corrected chi connectivity index (χ1v) is 5.92. The van der Waals surface area contributed by atoms with Crippen LogP contribution in [-0.4, -0.2) is 16.5 Å². The molecule has 1 aromatic heterocycles. The Kier molecular flexibility index (Phi) is 3.94. The fourth-order valence-corrected chi connectivity index (χ4v) is 1.95. The fraction of sp³-hybridized carbons (Fsp3) is 0.167. The SMILES string of the molecule is NCCc1cnc(-c2ccc(Cl)cc2Cl)nc1. The van der Waals surface area contributed by atoms with E-state index in [1.807, 2.05) is 6.07 Å². The molecule has 0 aliphatic heterocycles. The van der Waals surface area contributed by atoms with E-state index in [-0.39, 0.29) is 0 Å². The molecule has 0 spiro atoms. The van der Waals surface area contributed by atoms with E-state index in [2.05, 4.69) is 9.97 Å². The Bertz CT molecular complexity index is 512. The molecule has 2 N–H and O–H groups in total. The van der Waals surface area contributed by atoms with Crippen molar-refractivity contribution < 1.29 is 0 Å². The Balaban J connectivity index is 2.33. The van der Waals surface area contributed by atoms with E-state index in [4.69, 9.17) is 28.9 Å². The summed E-state index contributed by atoms with van der Waals surface area (Å²) in [7, 11) is 0. The standard InChI is InChI=1S/C12H11Cl2N3/c13-9-1-2-10(11(14)5-9)12-16-6-8(3-4-15)7-17-12/h1-2,5-7H,3-4,15H2. The summed E-state index contributed by atoms with van der Waals surface area (Å²) in [4.78, 5) is 8.53. The van der Waals surface area contributed by atoms with Crippen LogP contribution < -0.4 is 5.73 Å². The zero-order chi connectivity index (χ0) is 12.3.